The Morgan fingerprint density at radius 1 is 1.36 bits per heavy atom. The zero-order valence-corrected chi connectivity index (χ0v) is 8.13. The average Bonchev–Trinajstić information content (AvgIpc) is 2.16. The van der Waals surface area contributed by atoms with Gasteiger partial charge in [-0.3, -0.25) is 0 Å². The molecule has 0 bridgehead atoms. The van der Waals surface area contributed by atoms with Crippen molar-refractivity contribution in [2.24, 2.45) is 5.73 Å². The van der Waals surface area contributed by atoms with Crippen LogP contribution in [0.15, 0.2) is 18.2 Å². The van der Waals surface area contributed by atoms with Crippen molar-refractivity contribution in [1.82, 2.24) is 0 Å². The number of ether oxygens (including phenoxy) is 1. The van der Waals surface area contributed by atoms with Crippen molar-refractivity contribution < 1.29 is 13.5 Å². The summed E-state index contributed by atoms with van der Waals surface area (Å²) in [4.78, 5) is 0. The number of hydrogen-bond donors (Lipinski definition) is 1. The lowest BCUT2D eigenvalue weighted by molar-refractivity contribution is 0.115. The van der Waals surface area contributed by atoms with Gasteiger partial charge in [0.1, 0.15) is 5.75 Å². The molecule has 0 aliphatic rings. The summed E-state index contributed by atoms with van der Waals surface area (Å²) in [5.74, 6) is 0.415. The molecule has 14 heavy (non-hydrogen) atoms. The van der Waals surface area contributed by atoms with Crippen LogP contribution in [0.25, 0.3) is 0 Å². The maximum Gasteiger partial charge on any atom is 0.257 e. The third-order valence-corrected chi connectivity index (χ3v) is 2.02. The van der Waals surface area contributed by atoms with Gasteiger partial charge in [0.05, 0.1) is 13.2 Å². The summed E-state index contributed by atoms with van der Waals surface area (Å²) in [6.07, 6.45) is -2.58. The fourth-order valence-electron chi connectivity index (χ4n) is 1.23. The Morgan fingerprint density at radius 2 is 2.00 bits per heavy atom. The van der Waals surface area contributed by atoms with E-state index in [0.29, 0.717) is 11.3 Å². The van der Waals surface area contributed by atoms with Gasteiger partial charge >= 0.3 is 0 Å². The second-order valence-corrected chi connectivity index (χ2v) is 3.11. The zero-order valence-electron chi connectivity index (χ0n) is 8.13. The van der Waals surface area contributed by atoms with E-state index in [-0.39, 0.29) is 0 Å². The van der Waals surface area contributed by atoms with E-state index >= 15 is 0 Å². The number of rotatable bonds is 3. The van der Waals surface area contributed by atoms with Gasteiger partial charge in [-0.1, -0.05) is 12.1 Å². The van der Waals surface area contributed by atoms with Crippen LogP contribution >= 0.6 is 0 Å². The van der Waals surface area contributed by atoms with Gasteiger partial charge in [-0.05, 0) is 18.6 Å². The Morgan fingerprint density at radius 3 is 2.50 bits per heavy atom. The van der Waals surface area contributed by atoms with Crippen molar-refractivity contribution >= 4 is 0 Å². The molecular formula is C10H13F2NO. The fraction of sp³-hybridized carbons (Fsp3) is 0.400. The van der Waals surface area contributed by atoms with Gasteiger partial charge in [-0.25, -0.2) is 8.78 Å². The number of halogens is 2. The summed E-state index contributed by atoms with van der Waals surface area (Å²) >= 11 is 0. The maximum atomic E-state index is 12.4. The van der Waals surface area contributed by atoms with E-state index in [4.69, 9.17) is 10.5 Å². The third-order valence-electron chi connectivity index (χ3n) is 2.02. The van der Waals surface area contributed by atoms with Crippen LogP contribution in [0.4, 0.5) is 8.78 Å². The van der Waals surface area contributed by atoms with Crippen molar-refractivity contribution in [3.63, 3.8) is 0 Å². The van der Waals surface area contributed by atoms with Crippen molar-refractivity contribution in [3.8, 4) is 5.75 Å². The molecule has 2 nitrogen and oxygen atoms in total. The van der Waals surface area contributed by atoms with Crippen LogP contribution < -0.4 is 10.5 Å². The van der Waals surface area contributed by atoms with E-state index in [0.717, 1.165) is 5.56 Å². The number of hydrogen-bond acceptors (Lipinski definition) is 2. The SMILES string of the molecule is COc1cc(C)ccc1C(N)C(F)F. The molecule has 1 aromatic carbocycles. The van der Waals surface area contributed by atoms with Gasteiger partial charge in [0, 0.05) is 5.56 Å². The van der Waals surface area contributed by atoms with Crippen LogP contribution in [-0.4, -0.2) is 13.5 Å². The maximum absolute atomic E-state index is 12.4. The molecule has 0 amide bonds. The predicted molar refractivity (Wildman–Crippen MR) is 50.7 cm³/mol. The smallest absolute Gasteiger partial charge is 0.257 e. The second-order valence-electron chi connectivity index (χ2n) is 3.11. The van der Waals surface area contributed by atoms with Crippen molar-refractivity contribution in [3.05, 3.63) is 29.3 Å². The van der Waals surface area contributed by atoms with Crippen molar-refractivity contribution in [2.75, 3.05) is 7.11 Å². The highest BCUT2D eigenvalue weighted by Crippen LogP contribution is 2.28. The molecule has 4 heteroatoms. The first-order chi connectivity index (χ1) is 6.56. The molecule has 1 rings (SSSR count). The van der Waals surface area contributed by atoms with Gasteiger partial charge in [-0.2, -0.15) is 0 Å². The second kappa shape index (κ2) is 4.37. The molecule has 1 unspecified atom stereocenters. The van der Waals surface area contributed by atoms with Crippen molar-refractivity contribution in [1.29, 1.82) is 0 Å². The summed E-state index contributed by atoms with van der Waals surface area (Å²) in [7, 11) is 1.44. The van der Waals surface area contributed by atoms with Gasteiger partial charge in [0.25, 0.3) is 6.43 Å². The quantitative estimate of drug-likeness (QED) is 0.814. The first kappa shape index (κ1) is 10.9. The van der Waals surface area contributed by atoms with E-state index in [1.807, 2.05) is 6.92 Å². The lowest BCUT2D eigenvalue weighted by Gasteiger charge is -2.15. The molecule has 0 radical (unpaired) electrons. The van der Waals surface area contributed by atoms with Crippen LogP contribution in [-0.2, 0) is 0 Å². The van der Waals surface area contributed by atoms with E-state index in [9.17, 15) is 8.78 Å². The third kappa shape index (κ3) is 2.20. The van der Waals surface area contributed by atoms with Crippen LogP contribution in [0.3, 0.4) is 0 Å². The number of methoxy groups -OCH3 is 1. The summed E-state index contributed by atoms with van der Waals surface area (Å²) in [6.45, 7) is 1.86. The van der Waals surface area contributed by atoms with Crippen molar-refractivity contribution in [2.45, 2.75) is 19.4 Å². The molecule has 0 saturated heterocycles. The number of benzene rings is 1. The highest BCUT2D eigenvalue weighted by Gasteiger charge is 2.20. The Kier molecular flexibility index (Phi) is 3.41. The standard InChI is InChI=1S/C10H13F2NO/c1-6-3-4-7(8(5-6)14-2)9(13)10(11)12/h3-5,9-10H,13H2,1-2H3. The molecule has 1 atom stereocenters. The highest BCUT2D eigenvalue weighted by atomic mass is 19.3. The summed E-state index contributed by atoms with van der Waals surface area (Å²) in [5.41, 5.74) is 6.63. The van der Waals surface area contributed by atoms with Crippen LogP contribution in [0.2, 0.25) is 0 Å². The Bertz CT molecular complexity index is 315. The zero-order chi connectivity index (χ0) is 10.7. The molecule has 0 spiro atoms. The first-order valence-electron chi connectivity index (χ1n) is 4.24. The number of aryl methyl sites for hydroxylation is 1. The molecule has 78 valence electrons. The average molecular weight is 201 g/mol. The van der Waals surface area contributed by atoms with Gasteiger partial charge < -0.3 is 10.5 Å². The van der Waals surface area contributed by atoms with Crippen LogP contribution in [0.1, 0.15) is 17.2 Å². The number of nitrogens with two attached hydrogens (primary N) is 1. The monoisotopic (exact) mass is 201 g/mol. The van der Waals surface area contributed by atoms with Crippen LogP contribution in [0, 0.1) is 6.92 Å². The summed E-state index contributed by atoms with van der Waals surface area (Å²) < 4.78 is 29.7. The molecule has 0 saturated carbocycles. The van der Waals surface area contributed by atoms with Gasteiger partial charge in [0.2, 0.25) is 0 Å². The van der Waals surface area contributed by atoms with E-state index in [1.165, 1.54) is 7.11 Å². The van der Waals surface area contributed by atoms with E-state index < -0.39 is 12.5 Å². The number of alkyl halides is 2. The molecule has 1 aromatic rings. The predicted octanol–water partition coefficient (Wildman–Crippen LogP) is 2.27. The Balaban J connectivity index is 3.07. The van der Waals surface area contributed by atoms with E-state index in [1.54, 1.807) is 18.2 Å². The molecule has 2 N–H and O–H groups in total. The lowest BCUT2D eigenvalue weighted by Crippen LogP contribution is -2.19. The highest BCUT2D eigenvalue weighted by molar-refractivity contribution is 5.39. The normalized spacial score (nSPS) is 13.0. The minimum atomic E-state index is -2.58. The topological polar surface area (TPSA) is 35.2 Å². The molecule has 0 heterocycles. The molecule has 0 aromatic heterocycles. The van der Waals surface area contributed by atoms with Crippen LogP contribution in [0.5, 0.6) is 5.75 Å². The van der Waals surface area contributed by atoms with Gasteiger partial charge in [0.15, 0.2) is 0 Å². The molecule has 0 aliphatic carbocycles. The van der Waals surface area contributed by atoms with Gasteiger partial charge in [-0.15, -0.1) is 0 Å². The van der Waals surface area contributed by atoms with E-state index in [2.05, 4.69) is 0 Å². The Hall–Kier alpha value is -1.16. The molecular weight excluding hydrogens is 188 g/mol. The first-order valence-corrected chi connectivity index (χ1v) is 4.24. The minimum absolute atomic E-state index is 0.341. The molecule has 0 fully saturated rings. The summed E-state index contributed by atoms with van der Waals surface area (Å²) in [5, 5.41) is 0. The Labute approximate surface area is 81.7 Å². The largest absolute Gasteiger partial charge is 0.496 e. The lowest BCUT2D eigenvalue weighted by atomic mass is 10.0. The summed E-state index contributed by atoms with van der Waals surface area (Å²) in [6, 6.07) is 3.72. The fourth-order valence-corrected chi connectivity index (χ4v) is 1.23. The minimum Gasteiger partial charge on any atom is -0.496 e. The molecule has 0 aliphatic heterocycles.